The van der Waals surface area contributed by atoms with Crippen molar-refractivity contribution in [2.75, 3.05) is 5.32 Å². The summed E-state index contributed by atoms with van der Waals surface area (Å²) in [5.41, 5.74) is 2.38. The fourth-order valence-corrected chi connectivity index (χ4v) is 4.51. The Morgan fingerprint density at radius 1 is 1.16 bits per heavy atom. The molecule has 1 N–H and O–H groups in total. The number of aryl methyl sites for hydroxylation is 2. The summed E-state index contributed by atoms with van der Waals surface area (Å²) in [6.07, 6.45) is 0.279. The second kappa shape index (κ2) is 7.39. The lowest BCUT2D eigenvalue weighted by Crippen LogP contribution is -2.31. The maximum Gasteiger partial charge on any atom is 0.264 e. The van der Waals surface area contributed by atoms with Gasteiger partial charge in [-0.2, -0.15) is 0 Å². The lowest BCUT2D eigenvalue weighted by atomic mass is 9.97. The number of alkyl halides is 2. The molecule has 1 aromatic carbocycles. The van der Waals surface area contributed by atoms with Crippen LogP contribution in [-0.4, -0.2) is 14.5 Å². The molecule has 3 atom stereocenters. The standard InChI is InChI=1S/C24H28F2N4O/c1-12-10-24(12,6)30-11-19-20(14(3)23(30)31)28-16(5)29-22(19)27-15(4)17-8-7-9-18(13(17)2)21(25)26/h7-9,11-12,15,21H,10H2,1-6H3,(H,27,28,29)/t12?,15-,24?/m1/s1. The smallest absolute Gasteiger partial charge is 0.264 e. The van der Waals surface area contributed by atoms with E-state index in [1.165, 1.54) is 6.07 Å². The van der Waals surface area contributed by atoms with E-state index in [1.54, 1.807) is 26.8 Å². The molecule has 3 aromatic rings. The Kier molecular flexibility index (Phi) is 5.10. The third kappa shape index (κ3) is 3.50. The van der Waals surface area contributed by atoms with Crippen molar-refractivity contribution < 1.29 is 8.78 Å². The van der Waals surface area contributed by atoms with Crippen LogP contribution >= 0.6 is 0 Å². The van der Waals surface area contributed by atoms with E-state index in [1.807, 2.05) is 23.8 Å². The Labute approximate surface area is 180 Å². The largest absolute Gasteiger partial charge is 0.363 e. The third-order valence-electron chi connectivity index (χ3n) is 6.85. The lowest BCUT2D eigenvalue weighted by molar-refractivity contribution is 0.150. The van der Waals surface area contributed by atoms with E-state index in [4.69, 9.17) is 0 Å². The summed E-state index contributed by atoms with van der Waals surface area (Å²) in [5.74, 6) is 1.57. The fourth-order valence-electron chi connectivity index (χ4n) is 4.51. The van der Waals surface area contributed by atoms with E-state index in [0.717, 1.165) is 17.4 Å². The quantitative estimate of drug-likeness (QED) is 0.578. The Morgan fingerprint density at radius 3 is 2.42 bits per heavy atom. The number of anilines is 1. The van der Waals surface area contributed by atoms with Crippen molar-refractivity contribution >= 4 is 16.7 Å². The molecule has 1 saturated carbocycles. The Balaban J connectivity index is 1.83. The van der Waals surface area contributed by atoms with Crippen molar-refractivity contribution in [2.24, 2.45) is 5.92 Å². The van der Waals surface area contributed by atoms with E-state index >= 15 is 0 Å². The molecule has 1 fully saturated rings. The zero-order valence-corrected chi connectivity index (χ0v) is 18.8. The van der Waals surface area contributed by atoms with E-state index in [-0.39, 0.29) is 22.7 Å². The number of nitrogens with zero attached hydrogens (tertiary/aromatic N) is 3. The van der Waals surface area contributed by atoms with Crippen LogP contribution in [0.3, 0.4) is 0 Å². The molecule has 0 radical (unpaired) electrons. The van der Waals surface area contributed by atoms with Gasteiger partial charge < -0.3 is 9.88 Å². The SMILES string of the molecule is Cc1nc(N[C@H](C)c2cccc(C(F)F)c2C)c2cn(C3(C)CC3C)c(=O)c(C)c2n1. The number of nitrogens with one attached hydrogen (secondary N) is 1. The lowest BCUT2D eigenvalue weighted by Gasteiger charge is -2.22. The van der Waals surface area contributed by atoms with Gasteiger partial charge in [0.05, 0.1) is 16.9 Å². The molecule has 7 heteroatoms. The first kappa shape index (κ1) is 21.4. The van der Waals surface area contributed by atoms with Gasteiger partial charge >= 0.3 is 0 Å². The first-order valence-corrected chi connectivity index (χ1v) is 10.6. The normalized spacial score (nSPS) is 21.5. The average Bonchev–Trinajstić information content (AvgIpc) is 3.31. The number of benzene rings is 1. The molecule has 5 nitrogen and oxygen atoms in total. The summed E-state index contributed by atoms with van der Waals surface area (Å²) in [4.78, 5) is 22.2. The van der Waals surface area contributed by atoms with Crippen LogP contribution in [0.5, 0.6) is 0 Å². The predicted molar refractivity (Wildman–Crippen MR) is 119 cm³/mol. The molecule has 0 bridgehead atoms. The van der Waals surface area contributed by atoms with Crippen LogP contribution in [0.1, 0.15) is 67.7 Å². The summed E-state index contributed by atoms with van der Waals surface area (Å²) >= 11 is 0. The number of pyridine rings is 1. The van der Waals surface area contributed by atoms with Crippen LogP contribution in [0, 0.1) is 26.7 Å². The van der Waals surface area contributed by atoms with Gasteiger partial charge in [0, 0.05) is 22.9 Å². The minimum Gasteiger partial charge on any atom is -0.363 e. The van der Waals surface area contributed by atoms with Gasteiger partial charge in [0.1, 0.15) is 11.6 Å². The summed E-state index contributed by atoms with van der Waals surface area (Å²) in [7, 11) is 0. The number of aromatic nitrogens is 3. The van der Waals surface area contributed by atoms with Gasteiger partial charge in [-0.25, -0.2) is 18.7 Å². The third-order valence-corrected chi connectivity index (χ3v) is 6.85. The van der Waals surface area contributed by atoms with Crippen LogP contribution in [0.25, 0.3) is 10.9 Å². The van der Waals surface area contributed by atoms with E-state index < -0.39 is 6.43 Å². The van der Waals surface area contributed by atoms with Crippen molar-refractivity contribution in [2.45, 2.75) is 66.0 Å². The first-order chi connectivity index (χ1) is 14.5. The van der Waals surface area contributed by atoms with Crippen molar-refractivity contribution in [1.29, 1.82) is 0 Å². The topological polar surface area (TPSA) is 59.8 Å². The first-order valence-electron chi connectivity index (χ1n) is 10.6. The van der Waals surface area contributed by atoms with Gasteiger partial charge in [0.2, 0.25) is 0 Å². The van der Waals surface area contributed by atoms with E-state index in [2.05, 4.69) is 29.1 Å². The van der Waals surface area contributed by atoms with Crippen molar-refractivity contribution in [3.63, 3.8) is 0 Å². The van der Waals surface area contributed by atoms with Crippen LogP contribution in [-0.2, 0) is 5.54 Å². The Morgan fingerprint density at radius 2 is 1.81 bits per heavy atom. The van der Waals surface area contributed by atoms with Crippen LogP contribution in [0.15, 0.2) is 29.2 Å². The highest BCUT2D eigenvalue weighted by atomic mass is 19.3. The Bertz CT molecular complexity index is 1240. The molecule has 0 aliphatic heterocycles. The predicted octanol–water partition coefficient (Wildman–Crippen LogP) is 5.58. The molecule has 0 amide bonds. The maximum atomic E-state index is 13.4. The molecular formula is C24H28F2N4O. The maximum absolute atomic E-state index is 13.4. The Hall–Kier alpha value is -2.83. The highest BCUT2D eigenvalue weighted by molar-refractivity contribution is 5.90. The second-order valence-electron chi connectivity index (χ2n) is 9.00. The molecule has 31 heavy (non-hydrogen) atoms. The number of hydrogen-bond donors (Lipinski definition) is 1. The summed E-state index contributed by atoms with van der Waals surface area (Å²) in [6, 6.07) is 4.71. The molecule has 1 aliphatic carbocycles. The fraction of sp³-hybridized carbons (Fsp3) is 0.458. The van der Waals surface area contributed by atoms with Crippen molar-refractivity contribution in [3.8, 4) is 0 Å². The number of halogens is 2. The number of fused-ring (bicyclic) bond motifs is 1. The summed E-state index contributed by atoms with van der Waals surface area (Å²) in [5, 5.41) is 4.16. The highest BCUT2D eigenvalue weighted by Crippen LogP contribution is 2.49. The van der Waals surface area contributed by atoms with Gasteiger partial charge in [-0.05, 0) is 58.1 Å². The molecule has 2 heterocycles. The molecule has 4 rings (SSSR count). The van der Waals surface area contributed by atoms with Gasteiger partial charge in [0.15, 0.2) is 0 Å². The molecule has 2 unspecified atom stereocenters. The molecule has 2 aromatic heterocycles. The molecular weight excluding hydrogens is 398 g/mol. The average molecular weight is 427 g/mol. The minimum atomic E-state index is -2.52. The van der Waals surface area contributed by atoms with Crippen LogP contribution in [0.4, 0.5) is 14.6 Å². The monoisotopic (exact) mass is 426 g/mol. The molecule has 0 saturated heterocycles. The number of hydrogen-bond acceptors (Lipinski definition) is 4. The molecule has 0 spiro atoms. The zero-order chi connectivity index (χ0) is 22.7. The molecule has 1 aliphatic rings. The van der Waals surface area contributed by atoms with Crippen LogP contribution < -0.4 is 10.9 Å². The number of rotatable bonds is 5. The summed E-state index contributed by atoms with van der Waals surface area (Å²) in [6.45, 7) is 11.5. The van der Waals surface area contributed by atoms with Gasteiger partial charge in [0.25, 0.3) is 12.0 Å². The van der Waals surface area contributed by atoms with Crippen LogP contribution in [0.2, 0.25) is 0 Å². The minimum absolute atomic E-state index is 0.0306. The van der Waals surface area contributed by atoms with E-state index in [9.17, 15) is 13.6 Å². The summed E-state index contributed by atoms with van der Waals surface area (Å²) < 4.78 is 28.5. The van der Waals surface area contributed by atoms with Gasteiger partial charge in [-0.3, -0.25) is 4.79 Å². The van der Waals surface area contributed by atoms with E-state index in [0.29, 0.717) is 34.2 Å². The van der Waals surface area contributed by atoms with Gasteiger partial charge in [-0.15, -0.1) is 0 Å². The second-order valence-corrected chi connectivity index (χ2v) is 9.00. The van der Waals surface area contributed by atoms with Gasteiger partial charge in [-0.1, -0.05) is 25.1 Å². The highest BCUT2D eigenvalue weighted by Gasteiger charge is 2.49. The van der Waals surface area contributed by atoms with Crippen molar-refractivity contribution in [1.82, 2.24) is 14.5 Å². The molecule has 164 valence electrons. The van der Waals surface area contributed by atoms with Crippen molar-refractivity contribution in [3.05, 3.63) is 62.8 Å². The zero-order valence-electron chi connectivity index (χ0n) is 18.8.